The van der Waals surface area contributed by atoms with Crippen molar-refractivity contribution < 1.29 is 9.18 Å². The van der Waals surface area contributed by atoms with Gasteiger partial charge in [0.15, 0.2) is 0 Å². The molecule has 1 aliphatic carbocycles. The molecule has 0 spiro atoms. The van der Waals surface area contributed by atoms with Gasteiger partial charge in [-0.25, -0.2) is 9.18 Å². The number of thiophene rings is 1. The highest BCUT2D eigenvalue weighted by Gasteiger charge is 2.44. The van der Waals surface area contributed by atoms with Crippen molar-refractivity contribution in [3.63, 3.8) is 0 Å². The number of carbonyl (C=O) groups is 1. The number of hydrogen-bond acceptors (Lipinski definition) is 2. The van der Waals surface area contributed by atoms with Crippen LogP contribution < -0.4 is 10.6 Å². The average molecular weight is 332 g/mol. The fourth-order valence-electron chi connectivity index (χ4n) is 2.83. The first-order chi connectivity index (χ1) is 11.1. The van der Waals surface area contributed by atoms with E-state index >= 15 is 0 Å². The van der Waals surface area contributed by atoms with E-state index in [1.807, 2.05) is 30.5 Å². The zero-order valence-corrected chi connectivity index (χ0v) is 14.0. The molecule has 1 fully saturated rings. The molecule has 0 bridgehead atoms. The predicted molar refractivity (Wildman–Crippen MR) is 91.3 cm³/mol. The molecule has 2 aromatic rings. The molecule has 2 amide bonds. The van der Waals surface area contributed by atoms with Crippen LogP contribution in [0.3, 0.4) is 0 Å². The normalized spacial score (nSPS) is 16.6. The Kier molecular flexibility index (Phi) is 4.66. The van der Waals surface area contributed by atoms with Crippen molar-refractivity contribution in [3.8, 4) is 0 Å². The zero-order valence-electron chi connectivity index (χ0n) is 13.1. The molecule has 122 valence electrons. The molecule has 0 aliphatic heterocycles. The first-order valence-corrected chi connectivity index (χ1v) is 8.78. The molecule has 1 aliphatic rings. The van der Waals surface area contributed by atoms with Crippen molar-refractivity contribution >= 4 is 17.4 Å². The molecule has 1 aromatic heterocycles. The van der Waals surface area contributed by atoms with Crippen LogP contribution in [-0.4, -0.2) is 18.6 Å². The van der Waals surface area contributed by atoms with Crippen LogP contribution in [-0.2, 0) is 11.8 Å². The average Bonchev–Trinajstić information content (AvgIpc) is 3.15. The molecule has 0 radical (unpaired) electrons. The molecule has 1 heterocycles. The summed E-state index contributed by atoms with van der Waals surface area (Å²) in [6.45, 7) is 2.60. The van der Waals surface area contributed by atoms with Gasteiger partial charge in [0, 0.05) is 29.3 Å². The maximum atomic E-state index is 13.0. The second-order valence-electron chi connectivity index (χ2n) is 6.30. The monoisotopic (exact) mass is 332 g/mol. The third kappa shape index (κ3) is 4.10. The van der Waals surface area contributed by atoms with Gasteiger partial charge in [-0.2, -0.15) is 0 Å². The van der Waals surface area contributed by atoms with Crippen molar-refractivity contribution in [2.75, 3.05) is 6.54 Å². The van der Waals surface area contributed by atoms with Crippen LogP contribution >= 0.6 is 11.3 Å². The Bertz CT molecular complexity index is 650. The summed E-state index contributed by atoms with van der Waals surface area (Å²) in [5.74, 6) is -0.224. The predicted octanol–water partition coefficient (Wildman–Crippen LogP) is 3.85. The second-order valence-corrected chi connectivity index (χ2v) is 7.33. The van der Waals surface area contributed by atoms with Gasteiger partial charge >= 0.3 is 6.03 Å². The van der Waals surface area contributed by atoms with Gasteiger partial charge in [-0.15, -0.1) is 11.3 Å². The van der Waals surface area contributed by atoms with Gasteiger partial charge < -0.3 is 10.6 Å². The molecule has 0 saturated heterocycles. The standard InChI is InChI=1S/C18H21FN2OS/c1-13(11-16-3-2-10-23-16)21-17(22)20-12-18(8-9-18)14-4-6-15(19)7-5-14/h2-7,10,13H,8-9,11-12H2,1H3,(H2,20,21,22). The Morgan fingerprint density at radius 2 is 2.04 bits per heavy atom. The summed E-state index contributed by atoms with van der Waals surface area (Å²) >= 11 is 1.70. The SMILES string of the molecule is CC(Cc1cccs1)NC(=O)NCC1(c2ccc(F)cc2)CC1. The number of amides is 2. The molecule has 5 heteroatoms. The van der Waals surface area contributed by atoms with Gasteiger partial charge in [0.05, 0.1) is 0 Å². The van der Waals surface area contributed by atoms with Crippen LogP contribution in [0.5, 0.6) is 0 Å². The van der Waals surface area contributed by atoms with Gasteiger partial charge in [-0.05, 0) is 48.9 Å². The summed E-state index contributed by atoms with van der Waals surface area (Å²) in [7, 11) is 0. The van der Waals surface area contributed by atoms with Crippen molar-refractivity contribution in [2.45, 2.75) is 37.6 Å². The lowest BCUT2D eigenvalue weighted by molar-refractivity contribution is 0.236. The van der Waals surface area contributed by atoms with E-state index in [1.165, 1.54) is 17.0 Å². The number of benzene rings is 1. The molecule has 23 heavy (non-hydrogen) atoms. The largest absolute Gasteiger partial charge is 0.337 e. The lowest BCUT2D eigenvalue weighted by atomic mass is 9.96. The van der Waals surface area contributed by atoms with E-state index in [-0.39, 0.29) is 23.3 Å². The molecule has 1 atom stereocenters. The van der Waals surface area contributed by atoms with Crippen LogP contribution in [0, 0.1) is 5.82 Å². The number of hydrogen-bond donors (Lipinski definition) is 2. The first-order valence-electron chi connectivity index (χ1n) is 7.90. The van der Waals surface area contributed by atoms with Crippen LogP contribution in [0.15, 0.2) is 41.8 Å². The van der Waals surface area contributed by atoms with E-state index in [1.54, 1.807) is 11.3 Å². The van der Waals surface area contributed by atoms with Gasteiger partial charge in [-0.1, -0.05) is 18.2 Å². The van der Waals surface area contributed by atoms with E-state index in [0.717, 1.165) is 24.8 Å². The minimum absolute atomic E-state index is 0.0119. The smallest absolute Gasteiger partial charge is 0.315 e. The maximum absolute atomic E-state index is 13.0. The Balaban J connectivity index is 1.48. The van der Waals surface area contributed by atoms with E-state index in [0.29, 0.717) is 6.54 Å². The Hall–Kier alpha value is -1.88. The summed E-state index contributed by atoms with van der Waals surface area (Å²) in [5.41, 5.74) is 1.09. The molecular weight excluding hydrogens is 311 g/mol. The highest BCUT2D eigenvalue weighted by atomic mass is 32.1. The number of carbonyl (C=O) groups excluding carboxylic acids is 1. The summed E-state index contributed by atoms with van der Waals surface area (Å²) in [5, 5.41) is 7.99. The fraction of sp³-hybridized carbons (Fsp3) is 0.389. The van der Waals surface area contributed by atoms with Gasteiger partial charge in [-0.3, -0.25) is 0 Å². The number of rotatable bonds is 6. The summed E-state index contributed by atoms with van der Waals surface area (Å²) in [4.78, 5) is 13.3. The van der Waals surface area contributed by atoms with E-state index in [2.05, 4.69) is 16.7 Å². The van der Waals surface area contributed by atoms with Crippen LogP contribution in [0.4, 0.5) is 9.18 Å². The van der Waals surface area contributed by atoms with Crippen LogP contribution in [0.25, 0.3) is 0 Å². The van der Waals surface area contributed by atoms with E-state index in [4.69, 9.17) is 0 Å². The third-order valence-corrected chi connectivity index (χ3v) is 5.26. The van der Waals surface area contributed by atoms with E-state index in [9.17, 15) is 9.18 Å². The molecular formula is C18H21FN2OS. The minimum atomic E-state index is -0.224. The number of nitrogens with one attached hydrogen (secondary N) is 2. The quantitative estimate of drug-likeness (QED) is 0.829. The molecule has 3 rings (SSSR count). The summed E-state index contributed by atoms with van der Waals surface area (Å²) < 4.78 is 13.0. The van der Waals surface area contributed by atoms with Crippen molar-refractivity contribution in [1.82, 2.24) is 10.6 Å². The first kappa shape index (κ1) is 16.0. The van der Waals surface area contributed by atoms with Crippen LogP contribution in [0.1, 0.15) is 30.2 Å². The lowest BCUT2D eigenvalue weighted by Crippen LogP contribution is -2.44. The van der Waals surface area contributed by atoms with Crippen molar-refractivity contribution in [1.29, 1.82) is 0 Å². The summed E-state index contributed by atoms with van der Waals surface area (Å²) in [6, 6.07) is 10.7. The summed E-state index contributed by atoms with van der Waals surface area (Å²) in [6.07, 6.45) is 2.90. The van der Waals surface area contributed by atoms with Crippen molar-refractivity contribution in [3.05, 3.63) is 58.0 Å². The maximum Gasteiger partial charge on any atom is 0.315 e. The number of urea groups is 1. The molecule has 2 N–H and O–H groups in total. The Morgan fingerprint density at radius 3 is 2.65 bits per heavy atom. The fourth-order valence-corrected chi connectivity index (χ4v) is 3.66. The minimum Gasteiger partial charge on any atom is -0.337 e. The van der Waals surface area contributed by atoms with Gasteiger partial charge in [0.2, 0.25) is 0 Å². The van der Waals surface area contributed by atoms with Crippen LogP contribution in [0.2, 0.25) is 0 Å². The second kappa shape index (κ2) is 6.71. The van der Waals surface area contributed by atoms with Crippen molar-refractivity contribution in [2.24, 2.45) is 0 Å². The zero-order chi connectivity index (χ0) is 16.3. The van der Waals surface area contributed by atoms with Gasteiger partial charge in [0.1, 0.15) is 5.82 Å². The van der Waals surface area contributed by atoms with E-state index < -0.39 is 0 Å². The molecule has 1 saturated carbocycles. The lowest BCUT2D eigenvalue weighted by Gasteiger charge is -2.19. The Morgan fingerprint density at radius 1 is 1.30 bits per heavy atom. The van der Waals surface area contributed by atoms with Gasteiger partial charge in [0.25, 0.3) is 0 Å². The topological polar surface area (TPSA) is 41.1 Å². The third-order valence-electron chi connectivity index (χ3n) is 4.36. The Labute approximate surface area is 139 Å². The molecule has 1 unspecified atom stereocenters. The molecule has 3 nitrogen and oxygen atoms in total. The number of halogens is 1. The molecule has 1 aromatic carbocycles. The highest BCUT2D eigenvalue weighted by molar-refractivity contribution is 7.09. The highest BCUT2D eigenvalue weighted by Crippen LogP contribution is 2.47.